The van der Waals surface area contributed by atoms with Crippen LogP contribution < -0.4 is 5.32 Å². The molecular formula is C15H18N2O. The van der Waals surface area contributed by atoms with Gasteiger partial charge >= 0.3 is 0 Å². The summed E-state index contributed by atoms with van der Waals surface area (Å²) in [7, 11) is 0. The van der Waals surface area contributed by atoms with Gasteiger partial charge in [0.25, 0.3) is 5.91 Å². The van der Waals surface area contributed by atoms with Crippen LogP contribution >= 0.6 is 0 Å². The van der Waals surface area contributed by atoms with Gasteiger partial charge in [0.2, 0.25) is 0 Å². The third kappa shape index (κ3) is 2.38. The Kier molecular flexibility index (Phi) is 3.66. The number of hydrogen-bond donors (Lipinski definition) is 1. The van der Waals surface area contributed by atoms with E-state index >= 15 is 0 Å². The molecule has 0 saturated heterocycles. The van der Waals surface area contributed by atoms with Gasteiger partial charge in [-0.1, -0.05) is 12.1 Å². The van der Waals surface area contributed by atoms with Gasteiger partial charge in [0.05, 0.1) is 12.0 Å². The van der Waals surface area contributed by atoms with Crippen LogP contribution in [0.25, 0.3) is 0 Å². The Hall–Kier alpha value is -1.82. The molecular weight excluding hydrogens is 224 g/mol. The number of carbonyl (C=O) groups is 1. The average Bonchev–Trinajstić information content (AvgIpc) is 2.79. The molecule has 18 heavy (non-hydrogen) atoms. The van der Waals surface area contributed by atoms with Gasteiger partial charge in [-0.15, -0.1) is 0 Å². The number of nitrogens with zero attached hydrogens (tertiary/aromatic N) is 1. The number of hydrogen-bond acceptors (Lipinski definition) is 2. The quantitative estimate of drug-likeness (QED) is 0.867. The molecule has 1 fully saturated rings. The highest BCUT2D eigenvalue weighted by Gasteiger charge is 2.28. The van der Waals surface area contributed by atoms with Crippen LogP contribution in [0.4, 0.5) is 0 Å². The third-order valence-electron chi connectivity index (χ3n) is 3.85. The summed E-state index contributed by atoms with van der Waals surface area (Å²) in [6.07, 6.45) is 2.83. The van der Waals surface area contributed by atoms with E-state index in [-0.39, 0.29) is 17.9 Å². The number of benzene rings is 1. The molecule has 1 aliphatic rings. The second-order valence-corrected chi connectivity index (χ2v) is 4.99. The molecule has 2 unspecified atom stereocenters. The maximum Gasteiger partial charge on any atom is 0.251 e. The third-order valence-corrected chi connectivity index (χ3v) is 3.85. The molecule has 94 valence electrons. The van der Waals surface area contributed by atoms with E-state index in [0.29, 0.717) is 0 Å². The number of nitriles is 1. The Morgan fingerprint density at radius 3 is 2.89 bits per heavy atom. The molecule has 0 aromatic heterocycles. The second-order valence-electron chi connectivity index (χ2n) is 4.99. The van der Waals surface area contributed by atoms with Crippen molar-refractivity contribution in [2.24, 2.45) is 5.92 Å². The van der Waals surface area contributed by atoms with Crippen molar-refractivity contribution in [3.63, 3.8) is 0 Å². The van der Waals surface area contributed by atoms with E-state index in [1.165, 1.54) is 0 Å². The molecule has 1 aromatic rings. The topological polar surface area (TPSA) is 52.9 Å². The molecule has 0 radical (unpaired) electrons. The lowest BCUT2D eigenvalue weighted by molar-refractivity contribution is 0.0932. The Morgan fingerprint density at radius 2 is 2.17 bits per heavy atom. The highest BCUT2D eigenvalue weighted by molar-refractivity contribution is 5.96. The highest BCUT2D eigenvalue weighted by Crippen LogP contribution is 2.25. The van der Waals surface area contributed by atoms with Crippen LogP contribution in [0.2, 0.25) is 0 Å². The minimum Gasteiger partial charge on any atom is -0.348 e. The van der Waals surface area contributed by atoms with Crippen molar-refractivity contribution in [2.75, 3.05) is 0 Å². The SMILES string of the molecule is Cc1cccc(C(=O)NC2CCCC2C#N)c1C. The number of carbonyl (C=O) groups excluding carboxylic acids is 1. The summed E-state index contributed by atoms with van der Waals surface area (Å²) in [5.41, 5.74) is 2.85. The Morgan fingerprint density at radius 1 is 1.39 bits per heavy atom. The standard InChI is InChI=1S/C15H18N2O/c1-10-5-3-7-13(11(10)2)15(18)17-14-8-4-6-12(14)9-16/h3,5,7,12,14H,4,6,8H2,1-2H3,(H,17,18). The lowest BCUT2D eigenvalue weighted by Crippen LogP contribution is -2.37. The van der Waals surface area contributed by atoms with Crippen molar-refractivity contribution in [2.45, 2.75) is 39.2 Å². The Bertz CT molecular complexity index is 502. The van der Waals surface area contributed by atoms with Gasteiger partial charge in [-0.2, -0.15) is 5.26 Å². The molecule has 0 heterocycles. The molecule has 3 nitrogen and oxygen atoms in total. The summed E-state index contributed by atoms with van der Waals surface area (Å²) in [5.74, 6) is -0.0811. The first-order valence-electron chi connectivity index (χ1n) is 6.40. The first kappa shape index (κ1) is 12.6. The van der Waals surface area contributed by atoms with Crippen molar-refractivity contribution in [1.82, 2.24) is 5.32 Å². The highest BCUT2D eigenvalue weighted by atomic mass is 16.1. The van der Waals surface area contributed by atoms with E-state index in [1.54, 1.807) is 0 Å². The summed E-state index contributed by atoms with van der Waals surface area (Å²) in [6.45, 7) is 3.96. The molecule has 0 bridgehead atoms. The van der Waals surface area contributed by atoms with Gasteiger partial charge in [-0.25, -0.2) is 0 Å². The minimum atomic E-state index is -0.0525. The van der Waals surface area contributed by atoms with E-state index in [0.717, 1.165) is 36.0 Å². The van der Waals surface area contributed by atoms with E-state index in [2.05, 4.69) is 11.4 Å². The summed E-state index contributed by atoms with van der Waals surface area (Å²) < 4.78 is 0. The molecule has 2 atom stereocenters. The molecule has 3 heteroatoms. The van der Waals surface area contributed by atoms with Gasteiger partial charge in [-0.3, -0.25) is 4.79 Å². The second kappa shape index (κ2) is 5.22. The van der Waals surface area contributed by atoms with E-state index in [4.69, 9.17) is 5.26 Å². The predicted molar refractivity (Wildman–Crippen MR) is 70.1 cm³/mol. The number of nitrogens with one attached hydrogen (secondary N) is 1. The Balaban J connectivity index is 2.13. The molecule has 2 rings (SSSR count). The number of aryl methyl sites for hydroxylation is 1. The number of amides is 1. The van der Waals surface area contributed by atoms with Crippen LogP contribution in [0.15, 0.2) is 18.2 Å². The molecule has 1 amide bonds. The van der Waals surface area contributed by atoms with Crippen LogP contribution in [0.5, 0.6) is 0 Å². The van der Waals surface area contributed by atoms with E-state index in [9.17, 15) is 4.79 Å². The maximum atomic E-state index is 12.2. The minimum absolute atomic E-state index is 0.0161. The van der Waals surface area contributed by atoms with E-state index in [1.807, 2.05) is 32.0 Å². The van der Waals surface area contributed by atoms with Gasteiger partial charge in [-0.05, 0) is 50.3 Å². The average molecular weight is 242 g/mol. The fourth-order valence-electron chi connectivity index (χ4n) is 2.53. The summed E-state index contributed by atoms with van der Waals surface area (Å²) in [5, 5.41) is 12.0. The number of rotatable bonds is 2. The molecule has 0 aliphatic heterocycles. The van der Waals surface area contributed by atoms with Crippen LogP contribution in [0, 0.1) is 31.1 Å². The summed E-state index contributed by atoms with van der Waals surface area (Å²) in [4.78, 5) is 12.2. The zero-order chi connectivity index (χ0) is 13.1. The Labute approximate surface area is 108 Å². The van der Waals surface area contributed by atoms with Crippen molar-refractivity contribution >= 4 is 5.91 Å². The first-order chi connectivity index (χ1) is 8.63. The fourth-order valence-corrected chi connectivity index (χ4v) is 2.53. The van der Waals surface area contributed by atoms with Crippen molar-refractivity contribution in [3.05, 3.63) is 34.9 Å². The fraction of sp³-hybridized carbons (Fsp3) is 0.467. The molecule has 1 N–H and O–H groups in total. The van der Waals surface area contributed by atoms with Crippen LogP contribution in [-0.4, -0.2) is 11.9 Å². The maximum absolute atomic E-state index is 12.2. The normalized spacial score (nSPS) is 22.5. The molecule has 1 saturated carbocycles. The van der Waals surface area contributed by atoms with Crippen LogP contribution in [0.3, 0.4) is 0 Å². The van der Waals surface area contributed by atoms with Crippen molar-refractivity contribution < 1.29 is 4.79 Å². The van der Waals surface area contributed by atoms with Crippen molar-refractivity contribution in [3.8, 4) is 6.07 Å². The first-order valence-corrected chi connectivity index (χ1v) is 6.40. The largest absolute Gasteiger partial charge is 0.348 e. The van der Waals surface area contributed by atoms with Gasteiger partial charge in [0.1, 0.15) is 0 Å². The van der Waals surface area contributed by atoms with Crippen LogP contribution in [0.1, 0.15) is 40.7 Å². The van der Waals surface area contributed by atoms with E-state index < -0.39 is 0 Å². The lowest BCUT2D eigenvalue weighted by atomic mass is 10.0. The molecule has 1 aromatic carbocycles. The zero-order valence-corrected chi connectivity index (χ0v) is 10.9. The summed E-state index contributed by atoms with van der Waals surface area (Å²) >= 11 is 0. The van der Waals surface area contributed by atoms with Gasteiger partial charge in [0.15, 0.2) is 0 Å². The van der Waals surface area contributed by atoms with Gasteiger partial charge < -0.3 is 5.32 Å². The smallest absolute Gasteiger partial charge is 0.251 e. The summed E-state index contributed by atoms with van der Waals surface area (Å²) in [6, 6.07) is 8.04. The predicted octanol–water partition coefficient (Wildman–Crippen LogP) is 2.73. The van der Waals surface area contributed by atoms with Crippen molar-refractivity contribution in [1.29, 1.82) is 5.26 Å². The van der Waals surface area contributed by atoms with Gasteiger partial charge in [0, 0.05) is 11.6 Å². The lowest BCUT2D eigenvalue weighted by Gasteiger charge is -2.17. The van der Waals surface area contributed by atoms with Crippen LogP contribution in [-0.2, 0) is 0 Å². The monoisotopic (exact) mass is 242 g/mol. The molecule has 1 aliphatic carbocycles. The zero-order valence-electron chi connectivity index (χ0n) is 10.9. The molecule has 0 spiro atoms.